The van der Waals surface area contributed by atoms with Crippen molar-refractivity contribution in [3.63, 3.8) is 0 Å². The first-order valence-corrected chi connectivity index (χ1v) is 8.72. The maximum absolute atomic E-state index is 13.0. The Balaban J connectivity index is 1.51. The minimum absolute atomic E-state index is 0.0279. The van der Waals surface area contributed by atoms with Crippen molar-refractivity contribution in [2.24, 2.45) is 0 Å². The third-order valence-electron chi connectivity index (χ3n) is 3.53. The molecule has 3 aromatic rings. The highest BCUT2D eigenvalue weighted by Gasteiger charge is 2.27. The van der Waals surface area contributed by atoms with Gasteiger partial charge < -0.3 is 19.2 Å². The summed E-state index contributed by atoms with van der Waals surface area (Å²) in [7, 11) is 0. The minimum Gasteiger partial charge on any atom is -0.484 e. The van der Waals surface area contributed by atoms with Gasteiger partial charge in [-0.25, -0.2) is 9.07 Å². The van der Waals surface area contributed by atoms with E-state index in [0.717, 1.165) is 10.7 Å². The molecule has 30 heavy (non-hydrogen) atoms. The largest absolute Gasteiger partial charge is 0.484 e. The molecule has 1 aromatic carbocycles. The van der Waals surface area contributed by atoms with E-state index in [4.69, 9.17) is 20.8 Å². The normalized spacial score (nSPS) is 11.5. The van der Waals surface area contributed by atoms with Crippen LogP contribution in [0.5, 0.6) is 5.75 Å². The zero-order valence-electron chi connectivity index (χ0n) is 15.1. The molecule has 0 aliphatic heterocycles. The average Bonchev–Trinajstić information content (AvgIpc) is 3.29. The molecule has 0 bridgehead atoms. The Morgan fingerprint density at radius 2 is 2.07 bits per heavy atom. The molecule has 1 amide bonds. The second-order valence-electron chi connectivity index (χ2n) is 5.94. The lowest BCUT2D eigenvalue weighted by Crippen LogP contribution is -2.18. The second kappa shape index (κ2) is 9.18. The Hall–Kier alpha value is -3.05. The van der Waals surface area contributed by atoms with Crippen molar-refractivity contribution in [2.45, 2.75) is 19.5 Å². The Kier molecular flexibility index (Phi) is 6.63. The quantitative estimate of drug-likeness (QED) is 0.509. The van der Waals surface area contributed by atoms with Crippen LogP contribution in [0.2, 0.25) is 5.02 Å². The lowest BCUT2D eigenvalue weighted by molar-refractivity contribution is -0.182. The molecule has 0 spiro atoms. The zero-order valence-corrected chi connectivity index (χ0v) is 15.8. The van der Waals surface area contributed by atoms with E-state index in [0.29, 0.717) is 5.76 Å². The van der Waals surface area contributed by atoms with Crippen LogP contribution >= 0.6 is 11.6 Å². The van der Waals surface area contributed by atoms with Crippen LogP contribution in [0, 0.1) is 5.82 Å². The first-order valence-electron chi connectivity index (χ1n) is 8.34. The molecule has 1 N–H and O–H groups in total. The van der Waals surface area contributed by atoms with Crippen LogP contribution < -0.4 is 10.1 Å². The molecule has 12 heteroatoms. The van der Waals surface area contributed by atoms with Gasteiger partial charge in [0, 0.05) is 0 Å². The number of nitrogens with zero attached hydrogens (tertiary/aromatic N) is 2. The fraction of sp³-hybridized carbons (Fsp3) is 0.222. The highest BCUT2D eigenvalue weighted by molar-refractivity contribution is 6.32. The SMILES string of the molecule is O=C(Nc1cnn(COCC(F)(F)F)c1)c1ccc(COc2ccc(F)cc2Cl)o1. The Bertz CT molecular complexity index is 1020. The average molecular weight is 448 g/mol. The third-order valence-corrected chi connectivity index (χ3v) is 3.83. The summed E-state index contributed by atoms with van der Waals surface area (Å²) in [6.45, 7) is -1.88. The van der Waals surface area contributed by atoms with Crippen LogP contribution in [0.4, 0.5) is 23.2 Å². The van der Waals surface area contributed by atoms with Crippen LogP contribution in [0.15, 0.2) is 47.1 Å². The van der Waals surface area contributed by atoms with Gasteiger partial charge in [0.25, 0.3) is 5.91 Å². The molecule has 0 aliphatic rings. The van der Waals surface area contributed by atoms with E-state index in [1.54, 1.807) is 0 Å². The number of hydrogen-bond donors (Lipinski definition) is 1. The summed E-state index contributed by atoms with van der Waals surface area (Å²) in [6, 6.07) is 6.59. The lowest BCUT2D eigenvalue weighted by Gasteiger charge is -2.07. The minimum atomic E-state index is -4.44. The van der Waals surface area contributed by atoms with Gasteiger partial charge in [-0.2, -0.15) is 18.3 Å². The number of hydrogen-bond acceptors (Lipinski definition) is 5. The van der Waals surface area contributed by atoms with Gasteiger partial charge in [-0.05, 0) is 30.3 Å². The van der Waals surface area contributed by atoms with E-state index in [2.05, 4.69) is 15.2 Å². The molecular formula is C18H14ClF4N3O4. The van der Waals surface area contributed by atoms with Gasteiger partial charge in [0.1, 0.15) is 37.3 Å². The molecule has 0 aliphatic carbocycles. The number of nitrogens with one attached hydrogen (secondary N) is 1. The van der Waals surface area contributed by atoms with Crippen molar-refractivity contribution < 1.29 is 36.2 Å². The van der Waals surface area contributed by atoms with Crippen molar-refractivity contribution in [2.75, 3.05) is 11.9 Å². The molecule has 0 atom stereocenters. The number of rotatable bonds is 8. The number of carbonyl (C=O) groups excluding carboxylic acids is 1. The molecule has 2 aromatic heterocycles. The summed E-state index contributed by atoms with van der Waals surface area (Å²) in [4.78, 5) is 12.2. The van der Waals surface area contributed by atoms with Crippen LogP contribution in [-0.2, 0) is 18.1 Å². The molecule has 7 nitrogen and oxygen atoms in total. The Labute approximate surface area is 172 Å². The van der Waals surface area contributed by atoms with Crippen molar-refractivity contribution in [3.8, 4) is 5.75 Å². The Morgan fingerprint density at radius 3 is 2.80 bits per heavy atom. The van der Waals surface area contributed by atoms with E-state index < -0.39 is 31.2 Å². The van der Waals surface area contributed by atoms with Crippen molar-refractivity contribution in [1.29, 1.82) is 0 Å². The van der Waals surface area contributed by atoms with Crippen LogP contribution in [0.1, 0.15) is 16.3 Å². The van der Waals surface area contributed by atoms with E-state index in [-0.39, 0.29) is 28.8 Å². The smallest absolute Gasteiger partial charge is 0.411 e. The van der Waals surface area contributed by atoms with Gasteiger partial charge in [-0.1, -0.05) is 11.6 Å². The molecule has 0 saturated heterocycles. The topological polar surface area (TPSA) is 78.5 Å². The monoisotopic (exact) mass is 447 g/mol. The van der Waals surface area contributed by atoms with E-state index in [1.165, 1.54) is 36.7 Å². The second-order valence-corrected chi connectivity index (χ2v) is 6.35. The van der Waals surface area contributed by atoms with Crippen molar-refractivity contribution in [1.82, 2.24) is 9.78 Å². The number of halogens is 5. The maximum atomic E-state index is 13.0. The molecule has 0 saturated carbocycles. The van der Waals surface area contributed by atoms with Gasteiger partial charge in [0.2, 0.25) is 0 Å². The standard InChI is InChI=1S/C18H14ClF4N3O4/c19-14-5-11(20)1-3-15(14)29-8-13-2-4-16(30-13)17(27)25-12-6-24-26(7-12)10-28-9-18(21,22)23/h1-7H,8-10H2,(H,25,27). The first-order chi connectivity index (χ1) is 14.2. The number of ether oxygens (including phenoxy) is 2. The highest BCUT2D eigenvalue weighted by Crippen LogP contribution is 2.26. The molecule has 0 radical (unpaired) electrons. The lowest BCUT2D eigenvalue weighted by atomic mass is 10.3. The van der Waals surface area contributed by atoms with Gasteiger partial charge in [0.15, 0.2) is 5.76 Å². The number of alkyl halides is 3. The predicted molar refractivity (Wildman–Crippen MR) is 96.6 cm³/mol. The predicted octanol–water partition coefficient (Wildman–Crippen LogP) is 4.64. The van der Waals surface area contributed by atoms with Gasteiger partial charge in [-0.3, -0.25) is 4.79 Å². The summed E-state index contributed by atoms with van der Waals surface area (Å²) < 4.78 is 65.6. The number of amides is 1. The maximum Gasteiger partial charge on any atom is 0.411 e. The number of furan rings is 1. The number of carbonyl (C=O) groups is 1. The summed E-state index contributed by atoms with van der Waals surface area (Å²) in [6.07, 6.45) is -1.89. The molecule has 0 fully saturated rings. The van der Waals surface area contributed by atoms with Crippen molar-refractivity contribution >= 4 is 23.2 Å². The van der Waals surface area contributed by atoms with E-state index in [9.17, 15) is 22.4 Å². The zero-order chi connectivity index (χ0) is 21.7. The Morgan fingerprint density at radius 1 is 1.27 bits per heavy atom. The summed E-state index contributed by atoms with van der Waals surface area (Å²) in [5.41, 5.74) is 0.239. The number of anilines is 1. The summed E-state index contributed by atoms with van der Waals surface area (Å²) in [5, 5.41) is 6.37. The van der Waals surface area contributed by atoms with Crippen LogP contribution in [-0.4, -0.2) is 28.5 Å². The van der Waals surface area contributed by atoms with Gasteiger partial charge in [-0.15, -0.1) is 0 Å². The molecule has 2 heterocycles. The van der Waals surface area contributed by atoms with E-state index >= 15 is 0 Å². The molecular weight excluding hydrogens is 434 g/mol. The molecule has 160 valence electrons. The third kappa shape index (κ3) is 6.22. The van der Waals surface area contributed by atoms with Gasteiger partial charge in [0.05, 0.1) is 23.1 Å². The van der Waals surface area contributed by atoms with Crippen LogP contribution in [0.3, 0.4) is 0 Å². The highest BCUT2D eigenvalue weighted by atomic mass is 35.5. The fourth-order valence-corrected chi connectivity index (χ4v) is 2.49. The van der Waals surface area contributed by atoms with E-state index in [1.807, 2.05) is 0 Å². The summed E-state index contributed by atoms with van der Waals surface area (Å²) >= 11 is 5.87. The molecule has 0 unspecified atom stereocenters. The van der Waals surface area contributed by atoms with Crippen molar-refractivity contribution in [3.05, 3.63) is 65.1 Å². The summed E-state index contributed by atoms with van der Waals surface area (Å²) in [5.74, 6) is -0.561. The number of aromatic nitrogens is 2. The number of benzene rings is 1. The van der Waals surface area contributed by atoms with Crippen LogP contribution in [0.25, 0.3) is 0 Å². The molecule has 3 rings (SSSR count). The first kappa shape index (κ1) is 21.7. The van der Waals surface area contributed by atoms with Gasteiger partial charge >= 0.3 is 6.18 Å². The fourth-order valence-electron chi connectivity index (χ4n) is 2.26.